The minimum atomic E-state index is -0.00207. The summed E-state index contributed by atoms with van der Waals surface area (Å²) < 4.78 is 1.79. The summed E-state index contributed by atoms with van der Waals surface area (Å²) in [4.78, 5) is 29.1. The molecule has 0 spiro atoms. The molecular formula is C22H28N6OS. The van der Waals surface area contributed by atoms with Crippen LogP contribution in [0.5, 0.6) is 0 Å². The first kappa shape index (κ1) is 21.8. The summed E-state index contributed by atoms with van der Waals surface area (Å²) in [7, 11) is 1.86. The number of H-pyrrole nitrogens is 1. The molecular weight excluding hydrogens is 396 g/mol. The lowest BCUT2D eigenvalue weighted by atomic mass is 9.78. The van der Waals surface area contributed by atoms with Gasteiger partial charge in [0.25, 0.3) is 5.56 Å². The molecule has 7 nitrogen and oxygen atoms in total. The van der Waals surface area contributed by atoms with Crippen LogP contribution in [0.25, 0.3) is 21.9 Å². The monoisotopic (exact) mass is 424 g/mol. The van der Waals surface area contributed by atoms with Gasteiger partial charge in [0.2, 0.25) is 0 Å². The molecule has 30 heavy (non-hydrogen) atoms. The molecule has 1 atom stereocenters. The van der Waals surface area contributed by atoms with Gasteiger partial charge in [-0.05, 0) is 42.7 Å². The lowest BCUT2D eigenvalue weighted by molar-refractivity contribution is 0.270. The van der Waals surface area contributed by atoms with E-state index in [2.05, 4.69) is 31.3 Å². The molecule has 1 saturated carbocycles. The average Bonchev–Trinajstić information content (AvgIpc) is 3.12. The number of pyridine rings is 1. The van der Waals surface area contributed by atoms with Crippen LogP contribution in [0.3, 0.4) is 0 Å². The van der Waals surface area contributed by atoms with Crippen LogP contribution in [0.15, 0.2) is 41.7 Å². The van der Waals surface area contributed by atoms with Gasteiger partial charge in [-0.25, -0.2) is 15.0 Å². The van der Waals surface area contributed by atoms with Gasteiger partial charge in [-0.2, -0.15) is 13.5 Å². The lowest BCUT2D eigenvalue weighted by Gasteiger charge is -2.35. The Balaban J connectivity index is 0.00000128. The number of anilines is 1. The van der Waals surface area contributed by atoms with Crippen LogP contribution in [-0.2, 0) is 7.05 Å². The van der Waals surface area contributed by atoms with E-state index in [1.165, 1.54) is 12.7 Å². The molecule has 5 rings (SSSR count). The highest BCUT2D eigenvalue weighted by atomic mass is 32.1. The summed E-state index contributed by atoms with van der Waals surface area (Å²) in [5.74, 6) is 1.18. The number of nitrogens with one attached hydrogen (secondary N) is 2. The summed E-state index contributed by atoms with van der Waals surface area (Å²) in [6, 6.07) is 8.15. The first-order valence-electron chi connectivity index (χ1n) is 9.63. The van der Waals surface area contributed by atoms with Crippen molar-refractivity contribution in [3.8, 4) is 0 Å². The second kappa shape index (κ2) is 8.47. The van der Waals surface area contributed by atoms with Crippen molar-refractivity contribution >= 4 is 41.2 Å². The van der Waals surface area contributed by atoms with Crippen molar-refractivity contribution in [3.05, 3.63) is 58.5 Å². The highest BCUT2D eigenvalue weighted by molar-refractivity contribution is 7.59. The Morgan fingerprint density at radius 3 is 2.77 bits per heavy atom. The highest BCUT2D eigenvalue weighted by Gasteiger charge is 2.31. The normalized spacial score (nSPS) is 14.6. The zero-order chi connectivity index (χ0) is 19.3. The SMILES string of the molecule is C.Cc1cccc2cc([C@@H](Nc3ncnc4nc[nH]c34)C3CCC3)n(C)c(=O)c12.S. The number of hydrogen-bond donors (Lipinski definition) is 2. The topological polar surface area (TPSA) is 88.5 Å². The number of aromatic nitrogens is 5. The minimum absolute atomic E-state index is 0. The van der Waals surface area contributed by atoms with Gasteiger partial charge in [-0.1, -0.05) is 32.0 Å². The van der Waals surface area contributed by atoms with Crippen molar-refractivity contribution < 1.29 is 0 Å². The van der Waals surface area contributed by atoms with Crippen molar-refractivity contribution in [2.45, 2.75) is 39.7 Å². The molecule has 0 saturated heterocycles. The fourth-order valence-corrected chi connectivity index (χ4v) is 4.17. The van der Waals surface area contributed by atoms with Crippen LogP contribution in [0.2, 0.25) is 0 Å². The maximum atomic E-state index is 13.1. The predicted molar refractivity (Wildman–Crippen MR) is 126 cm³/mol. The Kier molecular flexibility index (Phi) is 6.17. The molecule has 1 aliphatic rings. The molecule has 0 amide bonds. The standard InChI is InChI=1S/C21H22N6O.CH4.H2S/c1-12-5-3-8-14-9-15(27(2)21(28)16(12)14)17(13-6-4-7-13)26-20-18-19(23-10-22-18)24-11-25-20;;/h3,5,8-11,13,17H,4,6-7H2,1-2H3,(H2,22,23,24,25,26);1H4;1H2/t17-;;/m0../s1. The molecule has 1 fully saturated rings. The minimum Gasteiger partial charge on any atom is -0.360 e. The van der Waals surface area contributed by atoms with Crippen molar-refractivity contribution in [1.82, 2.24) is 24.5 Å². The van der Waals surface area contributed by atoms with Gasteiger partial charge in [-0.3, -0.25) is 4.79 Å². The Bertz CT molecular complexity index is 1240. The van der Waals surface area contributed by atoms with E-state index in [0.717, 1.165) is 46.2 Å². The number of imidazole rings is 1. The number of hydrogen-bond acceptors (Lipinski definition) is 5. The number of aromatic amines is 1. The third kappa shape index (κ3) is 3.45. The summed E-state index contributed by atoms with van der Waals surface area (Å²) in [5.41, 5.74) is 3.46. The molecule has 0 bridgehead atoms. The second-order valence-corrected chi connectivity index (χ2v) is 7.61. The van der Waals surface area contributed by atoms with Crippen LogP contribution < -0.4 is 10.9 Å². The van der Waals surface area contributed by atoms with Crippen LogP contribution in [0.4, 0.5) is 5.82 Å². The largest absolute Gasteiger partial charge is 0.360 e. The Morgan fingerprint density at radius 1 is 1.23 bits per heavy atom. The van der Waals surface area contributed by atoms with Gasteiger partial charge in [0.1, 0.15) is 11.8 Å². The molecule has 1 aliphatic carbocycles. The van der Waals surface area contributed by atoms with Crippen LogP contribution in [0, 0.1) is 12.8 Å². The molecule has 2 N–H and O–H groups in total. The molecule has 1 aromatic carbocycles. The predicted octanol–water partition coefficient (Wildman–Crippen LogP) is 4.22. The van der Waals surface area contributed by atoms with E-state index in [0.29, 0.717) is 11.6 Å². The quantitative estimate of drug-likeness (QED) is 0.512. The number of fused-ring (bicyclic) bond motifs is 2. The van der Waals surface area contributed by atoms with Crippen LogP contribution in [-0.4, -0.2) is 24.5 Å². The molecule has 0 aliphatic heterocycles. The van der Waals surface area contributed by atoms with E-state index in [1.807, 2.05) is 32.2 Å². The van der Waals surface area contributed by atoms with Gasteiger partial charge in [0.15, 0.2) is 11.5 Å². The van der Waals surface area contributed by atoms with Gasteiger partial charge in [0.05, 0.1) is 17.8 Å². The summed E-state index contributed by atoms with van der Waals surface area (Å²) in [5, 5.41) is 5.37. The van der Waals surface area contributed by atoms with E-state index in [9.17, 15) is 4.79 Å². The fraction of sp³-hybridized carbons (Fsp3) is 0.364. The molecule has 0 unspecified atom stereocenters. The van der Waals surface area contributed by atoms with Gasteiger partial charge in [-0.15, -0.1) is 0 Å². The van der Waals surface area contributed by atoms with E-state index in [4.69, 9.17) is 0 Å². The number of rotatable bonds is 4. The third-order valence-electron chi connectivity index (χ3n) is 5.97. The smallest absolute Gasteiger partial charge is 0.258 e. The summed E-state index contributed by atoms with van der Waals surface area (Å²) >= 11 is 0. The van der Waals surface area contributed by atoms with E-state index >= 15 is 0 Å². The Labute approximate surface area is 182 Å². The first-order valence-corrected chi connectivity index (χ1v) is 9.63. The van der Waals surface area contributed by atoms with Gasteiger partial charge < -0.3 is 14.9 Å². The van der Waals surface area contributed by atoms with Crippen molar-refractivity contribution in [1.29, 1.82) is 0 Å². The fourth-order valence-electron chi connectivity index (χ4n) is 4.17. The number of aryl methyl sites for hydroxylation is 1. The molecule has 158 valence electrons. The van der Waals surface area contributed by atoms with Crippen LogP contribution in [0.1, 0.15) is 44.0 Å². The van der Waals surface area contributed by atoms with Crippen molar-refractivity contribution in [2.24, 2.45) is 13.0 Å². The van der Waals surface area contributed by atoms with Crippen molar-refractivity contribution in [3.63, 3.8) is 0 Å². The first-order chi connectivity index (χ1) is 13.6. The molecule has 0 radical (unpaired) electrons. The number of benzene rings is 1. The van der Waals surface area contributed by atoms with E-state index < -0.39 is 0 Å². The molecule has 3 aromatic heterocycles. The molecule has 8 heteroatoms. The van der Waals surface area contributed by atoms with Crippen LogP contribution >= 0.6 is 13.5 Å². The van der Waals surface area contributed by atoms with E-state index in [-0.39, 0.29) is 32.5 Å². The van der Waals surface area contributed by atoms with Gasteiger partial charge >= 0.3 is 0 Å². The van der Waals surface area contributed by atoms with E-state index in [1.54, 1.807) is 10.9 Å². The maximum Gasteiger partial charge on any atom is 0.258 e. The second-order valence-electron chi connectivity index (χ2n) is 7.61. The van der Waals surface area contributed by atoms with Gasteiger partial charge in [0, 0.05) is 12.7 Å². The average molecular weight is 425 g/mol. The lowest BCUT2D eigenvalue weighted by Crippen LogP contribution is -2.32. The Hall–Kier alpha value is -2.87. The van der Waals surface area contributed by atoms with Crippen molar-refractivity contribution in [2.75, 3.05) is 5.32 Å². The number of nitrogens with zero attached hydrogens (tertiary/aromatic N) is 4. The zero-order valence-electron chi connectivity index (χ0n) is 16.4. The third-order valence-corrected chi connectivity index (χ3v) is 5.97. The molecule has 4 aromatic rings. The molecule has 3 heterocycles. The highest BCUT2D eigenvalue weighted by Crippen LogP contribution is 2.40. The zero-order valence-corrected chi connectivity index (χ0v) is 17.4. The Morgan fingerprint density at radius 2 is 2.03 bits per heavy atom. The summed E-state index contributed by atoms with van der Waals surface area (Å²) in [6.07, 6.45) is 6.63. The maximum absolute atomic E-state index is 13.1. The summed E-state index contributed by atoms with van der Waals surface area (Å²) in [6.45, 7) is 1.99.